The maximum atomic E-state index is 12.7. The minimum atomic E-state index is -3.42. The Labute approximate surface area is 114 Å². The lowest BCUT2D eigenvalue weighted by Gasteiger charge is -2.37. The molecule has 1 saturated heterocycles. The number of anilines is 1. The Kier molecular flexibility index (Phi) is 4.13. The van der Waals surface area contributed by atoms with Crippen LogP contribution in [-0.4, -0.2) is 24.8 Å². The lowest BCUT2D eigenvalue weighted by atomic mass is 10.0. The molecule has 0 amide bonds. The lowest BCUT2D eigenvalue weighted by Crippen LogP contribution is -2.47. The fourth-order valence-electron chi connectivity index (χ4n) is 2.72. The molecule has 0 radical (unpaired) electrons. The van der Waals surface area contributed by atoms with Gasteiger partial charge in [0.25, 0.3) is 0 Å². The fourth-order valence-corrected chi connectivity index (χ4v) is 4.60. The van der Waals surface area contributed by atoms with Gasteiger partial charge in [-0.3, -0.25) is 5.84 Å². The quantitative estimate of drug-likeness (QED) is 0.656. The Morgan fingerprint density at radius 2 is 1.68 bits per heavy atom. The molecule has 2 atom stereocenters. The van der Waals surface area contributed by atoms with Crippen molar-refractivity contribution in [2.24, 2.45) is 5.84 Å². The molecule has 1 aliphatic rings. The molecule has 2 rings (SSSR count). The van der Waals surface area contributed by atoms with Crippen LogP contribution in [0.1, 0.15) is 33.1 Å². The van der Waals surface area contributed by atoms with E-state index in [1.54, 1.807) is 28.6 Å². The summed E-state index contributed by atoms with van der Waals surface area (Å²) >= 11 is 0. The molecule has 6 heteroatoms. The molecule has 0 spiro atoms. The summed E-state index contributed by atoms with van der Waals surface area (Å²) in [7, 11) is -3.42. The van der Waals surface area contributed by atoms with Gasteiger partial charge in [-0.25, -0.2) is 8.42 Å². The number of piperidine rings is 1. The Morgan fingerprint density at radius 1 is 1.16 bits per heavy atom. The molecule has 0 unspecified atom stereocenters. The zero-order valence-electron chi connectivity index (χ0n) is 11.3. The maximum absolute atomic E-state index is 12.7. The average molecular weight is 283 g/mol. The Balaban J connectivity index is 2.34. The highest BCUT2D eigenvalue weighted by Gasteiger charge is 2.35. The van der Waals surface area contributed by atoms with Crippen molar-refractivity contribution >= 4 is 15.7 Å². The van der Waals surface area contributed by atoms with Gasteiger partial charge in [0.1, 0.15) is 0 Å². The van der Waals surface area contributed by atoms with Crippen LogP contribution in [0, 0.1) is 0 Å². The van der Waals surface area contributed by atoms with Crippen LogP contribution < -0.4 is 11.3 Å². The molecule has 19 heavy (non-hydrogen) atoms. The van der Waals surface area contributed by atoms with Crippen LogP contribution in [0.3, 0.4) is 0 Å². The summed E-state index contributed by atoms with van der Waals surface area (Å²) in [5, 5.41) is 0. The molecule has 1 aliphatic heterocycles. The Bertz CT molecular complexity index is 517. The number of sulfonamides is 1. The monoisotopic (exact) mass is 283 g/mol. The number of hydrogen-bond donors (Lipinski definition) is 2. The number of hydrazine groups is 1. The van der Waals surface area contributed by atoms with Crippen LogP contribution in [0.5, 0.6) is 0 Å². The minimum Gasteiger partial charge on any atom is -0.324 e. The van der Waals surface area contributed by atoms with Crippen molar-refractivity contribution in [3.05, 3.63) is 24.3 Å². The minimum absolute atomic E-state index is 0.0565. The summed E-state index contributed by atoms with van der Waals surface area (Å²) in [5.74, 6) is 5.29. The normalized spacial score (nSPS) is 25.2. The Morgan fingerprint density at radius 3 is 2.16 bits per heavy atom. The van der Waals surface area contributed by atoms with E-state index in [9.17, 15) is 8.42 Å². The van der Waals surface area contributed by atoms with E-state index in [1.807, 2.05) is 13.8 Å². The number of nitrogens with zero attached hydrogens (tertiary/aromatic N) is 1. The van der Waals surface area contributed by atoms with Crippen LogP contribution >= 0.6 is 0 Å². The van der Waals surface area contributed by atoms with Gasteiger partial charge >= 0.3 is 0 Å². The second-order valence-corrected chi connectivity index (χ2v) is 6.98. The van der Waals surface area contributed by atoms with E-state index >= 15 is 0 Å². The van der Waals surface area contributed by atoms with Crippen LogP contribution in [0.4, 0.5) is 5.69 Å². The van der Waals surface area contributed by atoms with Crippen molar-refractivity contribution in [2.75, 3.05) is 5.43 Å². The van der Waals surface area contributed by atoms with E-state index in [2.05, 4.69) is 5.43 Å². The summed E-state index contributed by atoms with van der Waals surface area (Å²) in [6.07, 6.45) is 2.93. The average Bonchev–Trinajstić information content (AvgIpc) is 2.38. The van der Waals surface area contributed by atoms with Gasteiger partial charge in [0.15, 0.2) is 0 Å². The van der Waals surface area contributed by atoms with Crippen LogP contribution in [0.25, 0.3) is 0 Å². The van der Waals surface area contributed by atoms with Gasteiger partial charge in [-0.1, -0.05) is 6.42 Å². The van der Waals surface area contributed by atoms with Crippen LogP contribution in [-0.2, 0) is 10.0 Å². The first-order valence-corrected chi connectivity index (χ1v) is 8.01. The second-order valence-electron chi connectivity index (χ2n) is 5.13. The third kappa shape index (κ3) is 2.75. The van der Waals surface area contributed by atoms with Gasteiger partial charge in [0, 0.05) is 17.8 Å². The molecule has 1 heterocycles. The van der Waals surface area contributed by atoms with Gasteiger partial charge < -0.3 is 5.43 Å². The van der Waals surface area contributed by atoms with Crippen molar-refractivity contribution in [1.82, 2.24) is 4.31 Å². The molecule has 1 aromatic carbocycles. The third-order valence-electron chi connectivity index (χ3n) is 3.71. The van der Waals surface area contributed by atoms with Crippen molar-refractivity contribution < 1.29 is 8.42 Å². The highest BCUT2D eigenvalue weighted by Crippen LogP contribution is 2.29. The van der Waals surface area contributed by atoms with Crippen LogP contribution in [0.15, 0.2) is 29.2 Å². The molecule has 0 bridgehead atoms. The number of benzene rings is 1. The smallest absolute Gasteiger partial charge is 0.243 e. The van der Waals surface area contributed by atoms with Gasteiger partial charge in [-0.2, -0.15) is 4.31 Å². The number of hydrogen-bond acceptors (Lipinski definition) is 4. The molecule has 0 aromatic heterocycles. The third-order valence-corrected chi connectivity index (χ3v) is 5.85. The summed E-state index contributed by atoms with van der Waals surface area (Å²) in [5.41, 5.74) is 3.19. The highest BCUT2D eigenvalue weighted by molar-refractivity contribution is 7.89. The van der Waals surface area contributed by atoms with E-state index in [-0.39, 0.29) is 12.1 Å². The second kappa shape index (κ2) is 5.48. The molecular formula is C13H21N3O2S. The summed E-state index contributed by atoms with van der Waals surface area (Å²) in [4.78, 5) is 0.326. The van der Waals surface area contributed by atoms with Crippen molar-refractivity contribution in [3.63, 3.8) is 0 Å². The topological polar surface area (TPSA) is 75.4 Å². The molecule has 5 nitrogen and oxygen atoms in total. The lowest BCUT2D eigenvalue weighted by molar-refractivity contribution is 0.204. The number of nitrogens with one attached hydrogen (secondary N) is 1. The largest absolute Gasteiger partial charge is 0.324 e. The van der Waals surface area contributed by atoms with Gasteiger partial charge in [0.05, 0.1) is 4.90 Å². The summed E-state index contributed by atoms with van der Waals surface area (Å²) < 4.78 is 27.0. The zero-order chi connectivity index (χ0) is 14.0. The fraction of sp³-hybridized carbons (Fsp3) is 0.538. The molecular weight excluding hydrogens is 262 g/mol. The standard InChI is InChI=1S/C13H21N3O2S/c1-10-4-3-5-11(2)16(10)19(17,18)13-8-6-12(15-14)7-9-13/h6-11,15H,3-5,14H2,1-2H3/t10-,11+. The first-order valence-electron chi connectivity index (χ1n) is 6.57. The van der Waals surface area contributed by atoms with Crippen molar-refractivity contribution in [1.29, 1.82) is 0 Å². The van der Waals surface area contributed by atoms with E-state index in [0.717, 1.165) is 19.3 Å². The number of nitrogens with two attached hydrogens (primary N) is 1. The number of rotatable bonds is 3. The van der Waals surface area contributed by atoms with Crippen molar-refractivity contribution in [2.45, 2.75) is 50.1 Å². The van der Waals surface area contributed by atoms with Gasteiger partial charge in [-0.15, -0.1) is 0 Å². The summed E-state index contributed by atoms with van der Waals surface area (Å²) in [6, 6.07) is 6.65. The first kappa shape index (κ1) is 14.3. The molecule has 1 fully saturated rings. The predicted molar refractivity (Wildman–Crippen MR) is 76.1 cm³/mol. The van der Waals surface area contributed by atoms with E-state index in [1.165, 1.54) is 0 Å². The molecule has 0 saturated carbocycles. The maximum Gasteiger partial charge on any atom is 0.243 e. The predicted octanol–water partition coefficient (Wildman–Crippen LogP) is 1.92. The molecule has 1 aromatic rings. The van der Waals surface area contributed by atoms with E-state index < -0.39 is 10.0 Å². The highest BCUT2D eigenvalue weighted by atomic mass is 32.2. The SMILES string of the molecule is C[C@@H]1CCC[C@H](C)N1S(=O)(=O)c1ccc(NN)cc1. The molecule has 106 valence electrons. The number of nitrogen functional groups attached to an aromatic ring is 1. The van der Waals surface area contributed by atoms with Gasteiger partial charge in [0.2, 0.25) is 10.0 Å². The van der Waals surface area contributed by atoms with Gasteiger partial charge in [-0.05, 0) is 51.0 Å². The van der Waals surface area contributed by atoms with Crippen molar-refractivity contribution in [3.8, 4) is 0 Å². The molecule has 3 N–H and O–H groups in total. The Hall–Kier alpha value is -1.11. The van der Waals surface area contributed by atoms with E-state index in [4.69, 9.17) is 5.84 Å². The zero-order valence-corrected chi connectivity index (χ0v) is 12.2. The van der Waals surface area contributed by atoms with E-state index in [0.29, 0.717) is 10.6 Å². The molecule has 0 aliphatic carbocycles. The summed E-state index contributed by atoms with van der Waals surface area (Å²) in [6.45, 7) is 3.95. The first-order chi connectivity index (χ1) is 8.96. The van der Waals surface area contributed by atoms with Crippen LogP contribution in [0.2, 0.25) is 0 Å².